The first-order valence-corrected chi connectivity index (χ1v) is 6.91. The standard InChI is InChI=1S/C11H11ClN3PS/c1-7-2-3-14-11(15-7)17-6-8-9(12)4-13-5-10(8)16/h2-5H,6,16H2,1H3. The Morgan fingerprint density at radius 3 is 2.94 bits per heavy atom. The highest BCUT2D eigenvalue weighted by atomic mass is 35.5. The second kappa shape index (κ2) is 5.76. The second-order valence-electron chi connectivity index (χ2n) is 3.46. The molecular weight excluding hydrogens is 273 g/mol. The topological polar surface area (TPSA) is 38.7 Å². The fourth-order valence-electron chi connectivity index (χ4n) is 1.26. The predicted octanol–water partition coefficient (Wildman–Crippen LogP) is 2.63. The van der Waals surface area contributed by atoms with Crippen LogP contribution in [-0.4, -0.2) is 15.0 Å². The van der Waals surface area contributed by atoms with Crippen LogP contribution in [0.2, 0.25) is 5.02 Å². The molecule has 6 heteroatoms. The highest BCUT2D eigenvalue weighted by Gasteiger charge is 2.06. The Morgan fingerprint density at radius 1 is 1.41 bits per heavy atom. The van der Waals surface area contributed by atoms with Crippen LogP contribution in [0.3, 0.4) is 0 Å². The van der Waals surface area contributed by atoms with Crippen LogP contribution in [-0.2, 0) is 5.75 Å². The number of aromatic nitrogens is 3. The van der Waals surface area contributed by atoms with Gasteiger partial charge in [-0.05, 0) is 23.9 Å². The van der Waals surface area contributed by atoms with E-state index in [1.165, 1.54) is 0 Å². The van der Waals surface area contributed by atoms with Crippen molar-refractivity contribution in [2.24, 2.45) is 0 Å². The Morgan fingerprint density at radius 2 is 2.24 bits per heavy atom. The Bertz CT molecular complexity index is 516. The fraction of sp³-hybridized carbons (Fsp3) is 0.182. The van der Waals surface area contributed by atoms with Crippen molar-refractivity contribution in [2.75, 3.05) is 0 Å². The monoisotopic (exact) mass is 283 g/mol. The molecule has 2 aromatic heterocycles. The third-order valence-electron chi connectivity index (χ3n) is 2.16. The molecule has 0 aromatic carbocycles. The van der Waals surface area contributed by atoms with Crippen LogP contribution in [0.4, 0.5) is 0 Å². The summed E-state index contributed by atoms with van der Waals surface area (Å²) >= 11 is 7.67. The van der Waals surface area contributed by atoms with Crippen molar-refractivity contribution in [1.29, 1.82) is 0 Å². The lowest BCUT2D eigenvalue weighted by atomic mass is 10.3. The number of hydrogen-bond donors (Lipinski definition) is 0. The number of nitrogens with zero attached hydrogens (tertiary/aromatic N) is 3. The summed E-state index contributed by atoms with van der Waals surface area (Å²) in [4.78, 5) is 12.6. The van der Waals surface area contributed by atoms with Gasteiger partial charge >= 0.3 is 0 Å². The van der Waals surface area contributed by atoms with Crippen LogP contribution in [0.1, 0.15) is 11.3 Å². The van der Waals surface area contributed by atoms with Gasteiger partial charge < -0.3 is 0 Å². The number of halogens is 1. The van der Waals surface area contributed by atoms with Gasteiger partial charge in [-0.25, -0.2) is 9.97 Å². The molecule has 2 rings (SSSR count). The lowest BCUT2D eigenvalue weighted by Crippen LogP contribution is -2.02. The van der Waals surface area contributed by atoms with Gasteiger partial charge in [0, 0.05) is 30.0 Å². The first-order valence-electron chi connectivity index (χ1n) is 4.97. The van der Waals surface area contributed by atoms with Gasteiger partial charge in [0.05, 0.1) is 5.02 Å². The van der Waals surface area contributed by atoms with Crippen LogP contribution in [0.15, 0.2) is 29.8 Å². The summed E-state index contributed by atoms with van der Waals surface area (Å²) in [5, 5.41) is 2.46. The molecule has 0 N–H and O–H groups in total. The summed E-state index contributed by atoms with van der Waals surface area (Å²) < 4.78 is 0. The van der Waals surface area contributed by atoms with Crippen LogP contribution in [0.5, 0.6) is 0 Å². The molecule has 1 unspecified atom stereocenters. The minimum Gasteiger partial charge on any atom is -0.263 e. The van der Waals surface area contributed by atoms with Gasteiger partial charge in [-0.3, -0.25) is 4.98 Å². The Kier molecular flexibility index (Phi) is 4.32. The molecule has 0 aliphatic carbocycles. The molecule has 3 nitrogen and oxygen atoms in total. The lowest BCUT2D eigenvalue weighted by Gasteiger charge is -2.06. The predicted molar refractivity (Wildman–Crippen MR) is 74.9 cm³/mol. The number of hydrogen-bond acceptors (Lipinski definition) is 4. The number of rotatable bonds is 3. The van der Waals surface area contributed by atoms with E-state index in [2.05, 4.69) is 24.2 Å². The van der Waals surface area contributed by atoms with E-state index in [9.17, 15) is 0 Å². The van der Waals surface area contributed by atoms with E-state index in [1.807, 2.05) is 13.0 Å². The molecule has 0 bridgehead atoms. The highest BCUT2D eigenvalue weighted by molar-refractivity contribution is 7.98. The Hall–Kier alpha value is -0.700. The summed E-state index contributed by atoms with van der Waals surface area (Å²) in [5.41, 5.74) is 2.02. The molecule has 2 aromatic rings. The molecule has 0 aliphatic heterocycles. The Labute approximate surface area is 112 Å². The lowest BCUT2D eigenvalue weighted by molar-refractivity contribution is 0.932. The molecule has 17 heavy (non-hydrogen) atoms. The maximum atomic E-state index is 6.10. The average Bonchev–Trinajstić information content (AvgIpc) is 2.28. The van der Waals surface area contributed by atoms with Gasteiger partial charge in [-0.15, -0.1) is 9.24 Å². The van der Waals surface area contributed by atoms with Gasteiger partial charge in [0.15, 0.2) is 5.16 Å². The van der Waals surface area contributed by atoms with Crippen molar-refractivity contribution in [2.45, 2.75) is 17.8 Å². The number of thioether (sulfide) groups is 1. The first kappa shape index (κ1) is 12.7. The van der Waals surface area contributed by atoms with E-state index in [1.54, 1.807) is 30.4 Å². The zero-order valence-corrected chi connectivity index (χ0v) is 11.9. The van der Waals surface area contributed by atoms with E-state index >= 15 is 0 Å². The van der Waals surface area contributed by atoms with Crippen LogP contribution >= 0.6 is 32.6 Å². The number of pyridine rings is 1. The van der Waals surface area contributed by atoms with Crippen LogP contribution < -0.4 is 5.30 Å². The number of aryl methyl sites for hydroxylation is 1. The molecular formula is C11H11ClN3PS. The van der Waals surface area contributed by atoms with Crippen LogP contribution in [0.25, 0.3) is 0 Å². The van der Waals surface area contributed by atoms with E-state index < -0.39 is 0 Å². The normalized spacial score (nSPS) is 10.5. The maximum absolute atomic E-state index is 6.10. The molecule has 0 aliphatic rings. The van der Waals surface area contributed by atoms with Crippen molar-refractivity contribution in [1.82, 2.24) is 15.0 Å². The molecule has 0 amide bonds. The zero-order chi connectivity index (χ0) is 12.3. The quantitative estimate of drug-likeness (QED) is 0.493. The largest absolute Gasteiger partial charge is 0.263 e. The molecule has 0 saturated heterocycles. The summed E-state index contributed by atoms with van der Waals surface area (Å²) in [7, 11) is 2.64. The third-order valence-corrected chi connectivity index (χ3v) is 3.87. The van der Waals surface area contributed by atoms with Crippen molar-refractivity contribution in [3.63, 3.8) is 0 Å². The minimum absolute atomic E-state index is 0.678. The van der Waals surface area contributed by atoms with E-state index in [-0.39, 0.29) is 0 Å². The smallest absolute Gasteiger partial charge is 0.188 e. The van der Waals surface area contributed by atoms with Gasteiger partial charge in [-0.1, -0.05) is 23.4 Å². The van der Waals surface area contributed by atoms with Gasteiger partial charge in [0.2, 0.25) is 0 Å². The molecule has 0 fully saturated rings. The molecule has 0 spiro atoms. The Balaban J connectivity index is 2.13. The second-order valence-corrected chi connectivity index (χ2v) is 5.43. The van der Waals surface area contributed by atoms with Crippen molar-refractivity contribution >= 4 is 37.9 Å². The van der Waals surface area contributed by atoms with Crippen molar-refractivity contribution in [3.8, 4) is 0 Å². The molecule has 1 atom stereocenters. The molecule has 88 valence electrons. The average molecular weight is 284 g/mol. The van der Waals surface area contributed by atoms with Crippen molar-refractivity contribution < 1.29 is 0 Å². The summed E-state index contributed by atoms with van der Waals surface area (Å²) in [6.45, 7) is 1.95. The van der Waals surface area contributed by atoms with Crippen molar-refractivity contribution in [3.05, 3.63) is 40.9 Å². The summed E-state index contributed by atoms with van der Waals surface area (Å²) in [5.74, 6) is 0.740. The van der Waals surface area contributed by atoms with E-state index in [0.717, 1.165) is 27.5 Å². The SMILES string of the molecule is Cc1ccnc(SCc2c(P)cncc2Cl)n1. The summed E-state index contributed by atoms with van der Waals surface area (Å²) in [6.07, 6.45) is 5.20. The summed E-state index contributed by atoms with van der Waals surface area (Å²) in [6, 6.07) is 1.88. The first-order chi connectivity index (χ1) is 8.16. The minimum atomic E-state index is 0.678. The molecule has 0 radical (unpaired) electrons. The van der Waals surface area contributed by atoms with Gasteiger partial charge in [0.25, 0.3) is 0 Å². The highest BCUT2D eigenvalue weighted by Crippen LogP contribution is 2.23. The molecule has 2 heterocycles. The van der Waals surface area contributed by atoms with E-state index in [4.69, 9.17) is 11.6 Å². The van der Waals surface area contributed by atoms with Gasteiger partial charge in [-0.2, -0.15) is 0 Å². The maximum Gasteiger partial charge on any atom is 0.188 e. The third kappa shape index (κ3) is 3.38. The van der Waals surface area contributed by atoms with Gasteiger partial charge in [0.1, 0.15) is 0 Å². The fourth-order valence-corrected chi connectivity index (χ4v) is 3.10. The van der Waals surface area contributed by atoms with Crippen LogP contribution in [0, 0.1) is 6.92 Å². The molecule has 0 saturated carbocycles. The van der Waals surface area contributed by atoms with E-state index in [0.29, 0.717) is 5.02 Å². The zero-order valence-electron chi connectivity index (χ0n) is 9.22.